The third-order valence-electron chi connectivity index (χ3n) is 3.81. The Bertz CT molecular complexity index is 467. The maximum atomic E-state index is 11.5. The number of hydrogen-bond acceptors (Lipinski definition) is 2. The number of aryl methyl sites for hydroxylation is 1. The van der Waals surface area contributed by atoms with Crippen molar-refractivity contribution in [1.29, 1.82) is 0 Å². The molecule has 18 heavy (non-hydrogen) atoms. The van der Waals surface area contributed by atoms with Gasteiger partial charge in [0.1, 0.15) is 0 Å². The van der Waals surface area contributed by atoms with Crippen LogP contribution in [0.25, 0.3) is 0 Å². The molecule has 0 radical (unpaired) electrons. The third kappa shape index (κ3) is 2.19. The summed E-state index contributed by atoms with van der Waals surface area (Å²) in [5, 5.41) is 3.03. The first-order chi connectivity index (χ1) is 8.25. The highest BCUT2D eigenvalue weighted by Crippen LogP contribution is 2.35. The van der Waals surface area contributed by atoms with Crippen LogP contribution in [0.1, 0.15) is 30.4 Å². The van der Waals surface area contributed by atoms with E-state index in [1.807, 2.05) is 0 Å². The second kappa shape index (κ2) is 5.19. The number of hydrogen-bond donors (Lipinski definition) is 1. The molecular weight excluding hydrogens is 248 g/mol. The second-order valence-electron chi connectivity index (χ2n) is 5.00. The number of anilines is 2. The first-order valence-electron chi connectivity index (χ1n) is 6.43. The molecule has 1 amide bonds. The van der Waals surface area contributed by atoms with E-state index < -0.39 is 0 Å². The first-order valence-corrected chi connectivity index (χ1v) is 6.43. The van der Waals surface area contributed by atoms with Crippen molar-refractivity contribution in [2.75, 3.05) is 23.3 Å². The van der Waals surface area contributed by atoms with Gasteiger partial charge in [-0.25, -0.2) is 0 Å². The zero-order valence-corrected chi connectivity index (χ0v) is 11.5. The molecule has 2 heterocycles. The van der Waals surface area contributed by atoms with E-state index in [1.54, 1.807) is 0 Å². The lowest BCUT2D eigenvalue weighted by molar-refractivity contribution is -0.116. The number of carbonyl (C=O) groups excluding carboxylic acids is 1. The van der Waals surface area contributed by atoms with E-state index in [9.17, 15) is 4.79 Å². The standard InChI is InChI=1S/C14H18N2O.ClH/c1-10-4-6-12(16-8-2-3-9-16)11-5-7-13(17)15-14(10)11;/h4,6H,2-3,5,7-9H2,1H3,(H,15,17);1H. The molecule has 98 valence electrons. The summed E-state index contributed by atoms with van der Waals surface area (Å²) in [6.07, 6.45) is 4.08. The lowest BCUT2D eigenvalue weighted by Crippen LogP contribution is -2.25. The molecule has 3 rings (SSSR count). The van der Waals surface area contributed by atoms with E-state index in [0.29, 0.717) is 6.42 Å². The molecule has 0 bridgehead atoms. The first kappa shape index (κ1) is 13.2. The van der Waals surface area contributed by atoms with Crippen LogP contribution in [-0.2, 0) is 11.2 Å². The number of halogens is 1. The van der Waals surface area contributed by atoms with Gasteiger partial charge < -0.3 is 10.2 Å². The van der Waals surface area contributed by atoms with Gasteiger partial charge in [0.05, 0.1) is 0 Å². The number of rotatable bonds is 1. The molecule has 2 aliphatic rings. The summed E-state index contributed by atoms with van der Waals surface area (Å²) in [6, 6.07) is 4.34. The Morgan fingerprint density at radius 1 is 1.17 bits per heavy atom. The summed E-state index contributed by atoms with van der Waals surface area (Å²) in [5.74, 6) is 0.152. The fourth-order valence-corrected chi connectivity index (χ4v) is 2.88. The van der Waals surface area contributed by atoms with Crippen LogP contribution < -0.4 is 10.2 Å². The SMILES string of the molecule is Cc1ccc(N2CCCC2)c2c1NC(=O)CC2.Cl. The number of amides is 1. The summed E-state index contributed by atoms with van der Waals surface area (Å²) in [7, 11) is 0. The van der Waals surface area contributed by atoms with Crippen LogP contribution in [0.2, 0.25) is 0 Å². The molecule has 4 heteroatoms. The Morgan fingerprint density at radius 3 is 2.61 bits per heavy atom. The normalized spacial score (nSPS) is 18.1. The van der Waals surface area contributed by atoms with Crippen molar-refractivity contribution in [3.8, 4) is 0 Å². The van der Waals surface area contributed by atoms with Gasteiger partial charge in [0, 0.05) is 30.9 Å². The van der Waals surface area contributed by atoms with E-state index in [0.717, 1.165) is 25.2 Å². The van der Waals surface area contributed by atoms with Crippen LogP contribution >= 0.6 is 12.4 Å². The Labute approximate surface area is 114 Å². The van der Waals surface area contributed by atoms with Crippen LogP contribution in [-0.4, -0.2) is 19.0 Å². The van der Waals surface area contributed by atoms with E-state index in [-0.39, 0.29) is 18.3 Å². The molecular formula is C14H19ClN2O. The fraction of sp³-hybridized carbons (Fsp3) is 0.500. The molecule has 0 unspecified atom stereocenters. The van der Waals surface area contributed by atoms with E-state index in [1.165, 1.54) is 29.7 Å². The molecule has 0 aliphatic carbocycles. The van der Waals surface area contributed by atoms with E-state index in [4.69, 9.17) is 0 Å². The van der Waals surface area contributed by atoms with Crippen molar-refractivity contribution < 1.29 is 4.79 Å². The van der Waals surface area contributed by atoms with Gasteiger partial charge in [-0.15, -0.1) is 12.4 Å². The minimum absolute atomic E-state index is 0. The lowest BCUT2D eigenvalue weighted by atomic mass is 9.97. The molecule has 1 saturated heterocycles. The molecule has 0 aromatic heterocycles. The highest BCUT2D eigenvalue weighted by Gasteiger charge is 2.23. The van der Waals surface area contributed by atoms with Crippen LogP contribution in [0.15, 0.2) is 12.1 Å². The summed E-state index contributed by atoms with van der Waals surface area (Å²) in [4.78, 5) is 13.9. The third-order valence-corrected chi connectivity index (χ3v) is 3.81. The average Bonchev–Trinajstić information content (AvgIpc) is 2.84. The molecule has 1 aromatic rings. The summed E-state index contributed by atoms with van der Waals surface area (Å²) >= 11 is 0. The molecule has 0 saturated carbocycles. The van der Waals surface area contributed by atoms with Crippen LogP contribution in [0.3, 0.4) is 0 Å². The van der Waals surface area contributed by atoms with Gasteiger partial charge in [-0.05, 0) is 43.4 Å². The maximum Gasteiger partial charge on any atom is 0.224 e. The zero-order chi connectivity index (χ0) is 11.8. The topological polar surface area (TPSA) is 32.3 Å². The van der Waals surface area contributed by atoms with Gasteiger partial charge in [0.25, 0.3) is 0 Å². The van der Waals surface area contributed by atoms with Crippen LogP contribution in [0.4, 0.5) is 11.4 Å². The van der Waals surface area contributed by atoms with Gasteiger partial charge in [0.2, 0.25) is 5.91 Å². The van der Waals surface area contributed by atoms with Gasteiger partial charge in [-0.2, -0.15) is 0 Å². The van der Waals surface area contributed by atoms with E-state index in [2.05, 4.69) is 29.3 Å². The number of benzene rings is 1. The summed E-state index contributed by atoms with van der Waals surface area (Å²) in [5.41, 5.74) is 4.91. The Kier molecular flexibility index (Phi) is 3.81. The largest absolute Gasteiger partial charge is 0.371 e. The van der Waals surface area contributed by atoms with Gasteiger partial charge in [-0.3, -0.25) is 4.79 Å². The van der Waals surface area contributed by atoms with Crippen molar-refractivity contribution in [2.45, 2.75) is 32.6 Å². The number of nitrogens with zero attached hydrogens (tertiary/aromatic N) is 1. The van der Waals surface area contributed by atoms with Crippen molar-refractivity contribution in [2.24, 2.45) is 0 Å². The molecule has 1 fully saturated rings. The van der Waals surface area contributed by atoms with Gasteiger partial charge >= 0.3 is 0 Å². The summed E-state index contributed by atoms with van der Waals surface area (Å²) < 4.78 is 0. The minimum Gasteiger partial charge on any atom is -0.371 e. The van der Waals surface area contributed by atoms with Gasteiger partial charge in [-0.1, -0.05) is 6.07 Å². The zero-order valence-electron chi connectivity index (χ0n) is 10.7. The van der Waals surface area contributed by atoms with Crippen molar-refractivity contribution >= 4 is 29.7 Å². The predicted octanol–water partition coefficient (Wildman–Crippen LogP) is 2.90. The number of fused-ring (bicyclic) bond motifs is 1. The maximum absolute atomic E-state index is 11.5. The number of nitrogens with one attached hydrogen (secondary N) is 1. The highest BCUT2D eigenvalue weighted by molar-refractivity contribution is 5.96. The minimum atomic E-state index is 0. The summed E-state index contributed by atoms with van der Waals surface area (Å²) in [6.45, 7) is 4.38. The Balaban J connectivity index is 0.00000120. The predicted molar refractivity (Wildman–Crippen MR) is 76.8 cm³/mol. The Hall–Kier alpha value is -1.22. The average molecular weight is 267 g/mol. The van der Waals surface area contributed by atoms with Crippen molar-refractivity contribution in [3.63, 3.8) is 0 Å². The highest BCUT2D eigenvalue weighted by atomic mass is 35.5. The Morgan fingerprint density at radius 2 is 1.89 bits per heavy atom. The van der Waals surface area contributed by atoms with Crippen molar-refractivity contribution in [3.05, 3.63) is 23.3 Å². The monoisotopic (exact) mass is 266 g/mol. The molecule has 2 aliphatic heterocycles. The van der Waals surface area contributed by atoms with Crippen molar-refractivity contribution in [1.82, 2.24) is 0 Å². The molecule has 1 aromatic carbocycles. The molecule has 3 nitrogen and oxygen atoms in total. The van der Waals surface area contributed by atoms with E-state index >= 15 is 0 Å². The quantitative estimate of drug-likeness (QED) is 0.848. The molecule has 1 N–H and O–H groups in total. The lowest BCUT2D eigenvalue weighted by Gasteiger charge is -2.27. The second-order valence-corrected chi connectivity index (χ2v) is 5.00. The number of carbonyl (C=O) groups is 1. The molecule has 0 spiro atoms. The van der Waals surface area contributed by atoms with Gasteiger partial charge in [0.15, 0.2) is 0 Å². The van der Waals surface area contributed by atoms with Crippen LogP contribution in [0, 0.1) is 6.92 Å². The fourth-order valence-electron chi connectivity index (χ4n) is 2.88. The smallest absolute Gasteiger partial charge is 0.224 e. The van der Waals surface area contributed by atoms with Crippen LogP contribution in [0.5, 0.6) is 0 Å². The molecule has 0 atom stereocenters.